The monoisotopic (exact) mass is 267 g/mol. The van der Waals surface area contributed by atoms with E-state index in [0.717, 1.165) is 31.6 Å². The van der Waals surface area contributed by atoms with Crippen LogP contribution in [0.3, 0.4) is 0 Å². The lowest BCUT2D eigenvalue weighted by Gasteiger charge is -2.17. The molecule has 1 N–H and O–H groups in total. The second-order valence-electron chi connectivity index (χ2n) is 4.76. The second kappa shape index (κ2) is 6.73. The Morgan fingerprint density at radius 2 is 2.42 bits per heavy atom. The predicted molar refractivity (Wildman–Crippen MR) is 69.9 cm³/mol. The summed E-state index contributed by atoms with van der Waals surface area (Å²) >= 11 is 0. The van der Waals surface area contributed by atoms with Crippen molar-refractivity contribution in [2.24, 2.45) is 5.92 Å². The molecule has 2 heterocycles. The standard InChI is InChI=1S/C14H21NO4/c1-3-12-10(4-6-18-12)8-15-9-11-5-7-19-13(11)14(16)17-2/h5,7,10,12,15H,3-4,6,8-9H2,1-2H3. The molecule has 2 rings (SSSR count). The number of ether oxygens (including phenoxy) is 2. The van der Waals surface area contributed by atoms with Gasteiger partial charge in [0.1, 0.15) is 0 Å². The molecule has 5 heteroatoms. The van der Waals surface area contributed by atoms with Gasteiger partial charge in [-0.05, 0) is 24.8 Å². The van der Waals surface area contributed by atoms with Crippen LogP contribution in [-0.4, -0.2) is 32.3 Å². The highest BCUT2D eigenvalue weighted by Crippen LogP contribution is 2.22. The molecule has 1 fully saturated rings. The van der Waals surface area contributed by atoms with Gasteiger partial charge in [0.25, 0.3) is 0 Å². The fourth-order valence-corrected chi connectivity index (χ4v) is 2.52. The number of carbonyl (C=O) groups excluding carboxylic acids is 1. The van der Waals surface area contributed by atoms with Gasteiger partial charge in [0.2, 0.25) is 5.76 Å². The Morgan fingerprint density at radius 3 is 3.16 bits per heavy atom. The first-order chi connectivity index (χ1) is 9.26. The van der Waals surface area contributed by atoms with Gasteiger partial charge in [-0.25, -0.2) is 4.79 Å². The molecule has 0 bridgehead atoms. The van der Waals surface area contributed by atoms with Crippen LogP contribution in [0.4, 0.5) is 0 Å². The van der Waals surface area contributed by atoms with Crippen molar-refractivity contribution in [3.05, 3.63) is 23.7 Å². The topological polar surface area (TPSA) is 60.7 Å². The molecule has 2 unspecified atom stereocenters. The Labute approximate surface area is 113 Å². The maximum atomic E-state index is 11.4. The van der Waals surface area contributed by atoms with Gasteiger partial charge in [-0.2, -0.15) is 0 Å². The van der Waals surface area contributed by atoms with E-state index in [9.17, 15) is 4.79 Å². The zero-order valence-corrected chi connectivity index (χ0v) is 11.5. The van der Waals surface area contributed by atoms with Gasteiger partial charge in [0.05, 0.1) is 19.5 Å². The molecule has 0 spiro atoms. The quantitative estimate of drug-likeness (QED) is 0.798. The average molecular weight is 267 g/mol. The summed E-state index contributed by atoms with van der Waals surface area (Å²) in [5.41, 5.74) is 0.832. The van der Waals surface area contributed by atoms with E-state index < -0.39 is 5.97 Å². The lowest BCUT2D eigenvalue weighted by molar-refractivity contribution is 0.0563. The number of carbonyl (C=O) groups is 1. The van der Waals surface area contributed by atoms with Crippen LogP contribution in [0.2, 0.25) is 0 Å². The van der Waals surface area contributed by atoms with Crippen molar-refractivity contribution in [1.82, 2.24) is 5.32 Å². The highest BCUT2D eigenvalue weighted by atomic mass is 16.5. The molecular formula is C14H21NO4. The summed E-state index contributed by atoms with van der Waals surface area (Å²) in [6.07, 6.45) is 4.01. The Bertz CT molecular complexity index is 415. The Hall–Kier alpha value is -1.33. The van der Waals surface area contributed by atoms with Crippen LogP contribution in [0.15, 0.2) is 16.7 Å². The third kappa shape index (κ3) is 3.36. The van der Waals surface area contributed by atoms with Crippen LogP contribution in [0, 0.1) is 5.92 Å². The van der Waals surface area contributed by atoms with Crippen molar-refractivity contribution in [1.29, 1.82) is 0 Å². The number of esters is 1. The van der Waals surface area contributed by atoms with Crippen LogP contribution in [-0.2, 0) is 16.0 Å². The van der Waals surface area contributed by atoms with E-state index in [2.05, 4.69) is 17.0 Å². The van der Waals surface area contributed by atoms with Gasteiger partial charge in [0, 0.05) is 25.3 Å². The minimum atomic E-state index is -0.433. The molecule has 1 aliphatic rings. The average Bonchev–Trinajstić information content (AvgIpc) is 3.06. The van der Waals surface area contributed by atoms with E-state index in [-0.39, 0.29) is 5.76 Å². The van der Waals surface area contributed by atoms with E-state index >= 15 is 0 Å². The van der Waals surface area contributed by atoms with Gasteiger partial charge in [0.15, 0.2) is 0 Å². The van der Waals surface area contributed by atoms with Crippen molar-refractivity contribution in [3.8, 4) is 0 Å². The largest absolute Gasteiger partial charge is 0.463 e. The summed E-state index contributed by atoms with van der Waals surface area (Å²) < 4.78 is 15.5. The van der Waals surface area contributed by atoms with E-state index in [1.807, 2.05) is 0 Å². The Kier molecular flexibility index (Phi) is 4.99. The van der Waals surface area contributed by atoms with Crippen LogP contribution in [0.5, 0.6) is 0 Å². The lowest BCUT2D eigenvalue weighted by atomic mass is 9.99. The van der Waals surface area contributed by atoms with Crippen LogP contribution >= 0.6 is 0 Å². The van der Waals surface area contributed by atoms with Gasteiger partial charge in [-0.3, -0.25) is 0 Å². The van der Waals surface area contributed by atoms with Gasteiger partial charge in [-0.1, -0.05) is 6.92 Å². The van der Waals surface area contributed by atoms with Crippen LogP contribution < -0.4 is 5.32 Å². The zero-order valence-electron chi connectivity index (χ0n) is 11.5. The molecule has 0 radical (unpaired) electrons. The second-order valence-corrected chi connectivity index (χ2v) is 4.76. The molecule has 1 saturated heterocycles. The molecule has 19 heavy (non-hydrogen) atoms. The molecule has 2 atom stereocenters. The number of hydrogen-bond donors (Lipinski definition) is 1. The van der Waals surface area contributed by atoms with Crippen molar-refractivity contribution in [3.63, 3.8) is 0 Å². The fraction of sp³-hybridized carbons (Fsp3) is 0.643. The molecule has 106 valence electrons. The number of rotatable bonds is 6. The van der Waals surface area contributed by atoms with E-state index in [1.54, 1.807) is 6.07 Å². The molecule has 1 aromatic heterocycles. The van der Waals surface area contributed by atoms with Crippen LogP contribution in [0.1, 0.15) is 35.9 Å². The number of hydrogen-bond acceptors (Lipinski definition) is 5. The minimum absolute atomic E-state index is 0.282. The number of methoxy groups -OCH3 is 1. The summed E-state index contributed by atoms with van der Waals surface area (Å²) in [5.74, 6) is 0.403. The molecule has 1 aliphatic heterocycles. The van der Waals surface area contributed by atoms with Crippen molar-refractivity contribution >= 4 is 5.97 Å². The maximum absolute atomic E-state index is 11.4. The molecular weight excluding hydrogens is 246 g/mol. The normalized spacial score (nSPS) is 22.6. The molecule has 5 nitrogen and oxygen atoms in total. The Morgan fingerprint density at radius 1 is 1.58 bits per heavy atom. The summed E-state index contributed by atoms with van der Waals surface area (Å²) in [6, 6.07) is 1.79. The van der Waals surface area contributed by atoms with Crippen LogP contribution in [0.25, 0.3) is 0 Å². The van der Waals surface area contributed by atoms with Crippen molar-refractivity contribution in [2.75, 3.05) is 20.3 Å². The van der Waals surface area contributed by atoms with E-state index in [4.69, 9.17) is 9.15 Å². The lowest BCUT2D eigenvalue weighted by Crippen LogP contribution is -2.28. The van der Waals surface area contributed by atoms with E-state index in [0.29, 0.717) is 18.6 Å². The van der Waals surface area contributed by atoms with Gasteiger partial charge >= 0.3 is 5.97 Å². The third-order valence-corrected chi connectivity index (χ3v) is 3.59. The Balaban J connectivity index is 1.83. The first-order valence-electron chi connectivity index (χ1n) is 6.73. The summed E-state index contributed by atoms with van der Waals surface area (Å²) in [6.45, 7) is 4.50. The maximum Gasteiger partial charge on any atom is 0.374 e. The third-order valence-electron chi connectivity index (χ3n) is 3.59. The van der Waals surface area contributed by atoms with Crippen molar-refractivity contribution in [2.45, 2.75) is 32.4 Å². The summed E-state index contributed by atoms with van der Waals surface area (Å²) in [4.78, 5) is 11.4. The molecule has 0 aromatic carbocycles. The molecule has 0 amide bonds. The summed E-state index contributed by atoms with van der Waals surface area (Å²) in [5, 5.41) is 3.37. The van der Waals surface area contributed by atoms with Gasteiger partial charge in [-0.15, -0.1) is 0 Å². The van der Waals surface area contributed by atoms with Crippen molar-refractivity contribution < 1.29 is 18.7 Å². The number of nitrogens with one attached hydrogen (secondary N) is 1. The fourth-order valence-electron chi connectivity index (χ4n) is 2.52. The zero-order chi connectivity index (χ0) is 13.7. The smallest absolute Gasteiger partial charge is 0.374 e. The minimum Gasteiger partial charge on any atom is -0.463 e. The first-order valence-corrected chi connectivity index (χ1v) is 6.73. The highest BCUT2D eigenvalue weighted by molar-refractivity contribution is 5.87. The molecule has 0 saturated carbocycles. The number of furan rings is 1. The van der Waals surface area contributed by atoms with E-state index in [1.165, 1.54) is 13.4 Å². The first kappa shape index (κ1) is 14.1. The SMILES string of the molecule is CCC1OCCC1CNCc1ccoc1C(=O)OC. The molecule has 0 aliphatic carbocycles. The highest BCUT2D eigenvalue weighted by Gasteiger charge is 2.26. The predicted octanol–water partition coefficient (Wildman–Crippen LogP) is 1.97. The van der Waals surface area contributed by atoms with Gasteiger partial charge < -0.3 is 19.2 Å². The summed E-state index contributed by atoms with van der Waals surface area (Å²) in [7, 11) is 1.35. The molecule has 1 aromatic rings.